The van der Waals surface area contributed by atoms with Crippen molar-refractivity contribution >= 4 is 0 Å². The fraction of sp³-hybridized carbons (Fsp3) is 0.375. The normalized spacial score (nSPS) is 8.60. The lowest BCUT2D eigenvalue weighted by atomic mass is 10.2. The first-order valence-corrected chi connectivity index (χ1v) is 3.30. The van der Waals surface area contributed by atoms with Gasteiger partial charge in [-0.15, -0.1) is 0 Å². The predicted octanol–water partition coefficient (Wildman–Crippen LogP) is -1.62. The number of hydrogen-bond acceptors (Lipinski definition) is 0. The Bertz CT molecular complexity index is 181. The summed E-state index contributed by atoms with van der Waals surface area (Å²) in [6.07, 6.45) is 3.16. The Kier molecular flexibility index (Phi) is 4.28. The molecule has 0 bridgehead atoms. The molecule has 1 heterocycles. The van der Waals surface area contributed by atoms with Crippen molar-refractivity contribution in [3.05, 3.63) is 29.6 Å². The Morgan fingerprint density at radius 2 is 2.10 bits per heavy atom. The van der Waals surface area contributed by atoms with E-state index in [-0.39, 0.29) is 17.0 Å². The molecule has 0 aromatic carbocycles. The van der Waals surface area contributed by atoms with E-state index in [0.29, 0.717) is 0 Å². The van der Waals surface area contributed by atoms with E-state index < -0.39 is 0 Å². The molecule has 0 radical (unpaired) electrons. The summed E-state index contributed by atoms with van der Waals surface area (Å²) >= 11 is 0. The highest BCUT2D eigenvalue weighted by molar-refractivity contribution is 5.07. The molecule has 1 aromatic heterocycles. The highest BCUT2D eigenvalue weighted by Gasteiger charge is 1.92. The number of halogens is 1. The van der Waals surface area contributed by atoms with Crippen molar-refractivity contribution < 1.29 is 22.0 Å². The van der Waals surface area contributed by atoms with E-state index in [0.717, 1.165) is 6.42 Å². The van der Waals surface area contributed by atoms with Gasteiger partial charge < -0.3 is 17.0 Å². The molecule has 0 fully saturated rings. The Morgan fingerprint density at radius 3 is 2.50 bits per heavy atom. The third-order valence-corrected chi connectivity index (χ3v) is 1.44. The SMILES string of the molecule is CCc1ccc(C)[nH+]c1.[Br-]. The largest absolute Gasteiger partial charge is 1.00 e. The Morgan fingerprint density at radius 1 is 1.40 bits per heavy atom. The van der Waals surface area contributed by atoms with Gasteiger partial charge in [-0.1, -0.05) is 6.92 Å². The van der Waals surface area contributed by atoms with E-state index in [9.17, 15) is 0 Å². The molecule has 1 N–H and O–H groups in total. The zero-order chi connectivity index (χ0) is 6.69. The van der Waals surface area contributed by atoms with Crippen LogP contribution >= 0.6 is 0 Å². The number of H-pyrrole nitrogens is 1. The number of aromatic nitrogens is 1. The first-order chi connectivity index (χ1) is 4.33. The van der Waals surface area contributed by atoms with Crippen LogP contribution < -0.4 is 22.0 Å². The van der Waals surface area contributed by atoms with Crippen molar-refractivity contribution in [3.63, 3.8) is 0 Å². The number of aryl methyl sites for hydroxylation is 2. The maximum Gasteiger partial charge on any atom is 0.176 e. The van der Waals surface area contributed by atoms with Gasteiger partial charge in [0.2, 0.25) is 0 Å². The van der Waals surface area contributed by atoms with Crippen molar-refractivity contribution in [2.45, 2.75) is 20.3 Å². The second kappa shape index (κ2) is 4.45. The van der Waals surface area contributed by atoms with Gasteiger partial charge in [0.05, 0.1) is 0 Å². The molecule has 1 rings (SSSR count). The summed E-state index contributed by atoms with van der Waals surface area (Å²) in [7, 11) is 0. The summed E-state index contributed by atoms with van der Waals surface area (Å²) in [5.41, 5.74) is 2.58. The maximum absolute atomic E-state index is 3.15. The van der Waals surface area contributed by atoms with Gasteiger partial charge in [0.25, 0.3) is 0 Å². The third kappa shape index (κ3) is 2.48. The van der Waals surface area contributed by atoms with Crippen LogP contribution in [-0.2, 0) is 6.42 Å². The van der Waals surface area contributed by atoms with E-state index in [2.05, 4.69) is 37.2 Å². The van der Waals surface area contributed by atoms with Crippen LogP contribution in [-0.4, -0.2) is 0 Å². The number of aromatic amines is 1. The minimum absolute atomic E-state index is 0. The predicted molar refractivity (Wildman–Crippen MR) is 37.1 cm³/mol. The molecular weight excluding hydrogens is 190 g/mol. The molecule has 0 aliphatic heterocycles. The highest BCUT2D eigenvalue weighted by atomic mass is 79.9. The van der Waals surface area contributed by atoms with Crippen LogP contribution in [0.4, 0.5) is 0 Å². The Hall–Kier alpha value is -0.370. The van der Waals surface area contributed by atoms with Crippen LogP contribution in [0.1, 0.15) is 18.2 Å². The van der Waals surface area contributed by atoms with Gasteiger partial charge in [0.15, 0.2) is 11.9 Å². The lowest BCUT2D eigenvalue weighted by molar-refractivity contribution is -0.388. The minimum Gasteiger partial charge on any atom is -1.00 e. The van der Waals surface area contributed by atoms with E-state index in [1.54, 1.807) is 0 Å². The molecular formula is C8H12BrN. The molecule has 10 heavy (non-hydrogen) atoms. The topological polar surface area (TPSA) is 14.1 Å². The van der Waals surface area contributed by atoms with E-state index in [1.807, 2.05) is 0 Å². The van der Waals surface area contributed by atoms with Crippen LogP contribution in [0.25, 0.3) is 0 Å². The van der Waals surface area contributed by atoms with Gasteiger partial charge in [0, 0.05) is 18.6 Å². The first-order valence-electron chi connectivity index (χ1n) is 3.30. The average Bonchev–Trinajstić information content (AvgIpc) is 1.90. The summed E-state index contributed by atoms with van der Waals surface area (Å²) < 4.78 is 0. The molecule has 2 heteroatoms. The summed E-state index contributed by atoms with van der Waals surface area (Å²) in [6, 6.07) is 4.24. The van der Waals surface area contributed by atoms with Crippen LogP contribution in [0.5, 0.6) is 0 Å². The van der Waals surface area contributed by atoms with Crippen molar-refractivity contribution in [1.82, 2.24) is 0 Å². The van der Waals surface area contributed by atoms with Crippen LogP contribution in [0, 0.1) is 6.92 Å². The molecule has 1 nitrogen and oxygen atoms in total. The molecule has 1 aromatic rings. The summed E-state index contributed by atoms with van der Waals surface area (Å²) in [6.45, 7) is 4.21. The second-order valence-corrected chi connectivity index (χ2v) is 2.23. The number of hydrogen-bond donors (Lipinski definition) is 0. The smallest absolute Gasteiger partial charge is 0.176 e. The first kappa shape index (κ1) is 9.63. The monoisotopic (exact) mass is 201 g/mol. The van der Waals surface area contributed by atoms with E-state index in [1.165, 1.54) is 11.3 Å². The van der Waals surface area contributed by atoms with Gasteiger partial charge in [-0.2, -0.15) is 0 Å². The van der Waals surface area contributed by atoms with Crippen molar-refractivity contribution in [1.29, 1.82) is 0 Å². The van der Waals surface area contributed by atoms with Gasteiger partial charge in [-0.05, 0) is 12.5 Å². The number of nitrogens with one attached hydrogen (secondary N) is 1. The van der Waals surface area contributed by atoms with Gasteiger partial charge >= 0.3 is 0 Å². The molecule has 0 unspecified atom stereocenters. The molecule has 0 spiro atoms. The van der Waals surface area contributed by atoms with Crippen LogP contribution in [0.3, 0.4) is 0 Å². The van der Waals surface area contributed by atoms with Gasteiger partial charge in [-0.3, -0.25) is 0 Å². The Balaban J connectivity index is 0.000000810. The summed E-state index contributed by atoms with van der Waals surface area (Å²) in [5, 5.41) is 0. The minimum atomic E-state index is 0. The lowest BCUT2D eigenvalue weighted by Crippen LogP contribution is -3.00. The second-order valence-electron chi connectivity index (χ2n) is 2.23. The standard InChI is InChI=1S/C8H11N.BrH/c1-3-8-5-4-7(2)9-6-8;/h4-6H,3H2,1-2H3;1H. The maximum atomic E-state index is 3.15. The number of pyridine rings is 1. The molecule has 0 saturated heterocycles. The number of rotatable bonds is 1. The zero-order valence-electron chi connectivity index (χ0n) is 6.32. The molecule has 0 amide bonds. The summed E-state index contributed by atoms with van der Waals surface area (Å²) in [4.78, 5) is 3.15. The fourth-order valence-electron chi connectivity index (χ4n) is 0.755. The van der Waals surface area contributed by atoms with Crippen LogP contribution in [0.2, 0.25) is 0 Å². The Labute approximate surface area is 72.3 Å². The molecule has 0 saturated carbocycles. The average molecular weight is 202 g/mol. The van der Waals surface area contributed by atoms with Gasteiger partial charge in [-0.25, -0.2) is 4.98 Å². The van der Waals surface area contributed by atoms with E-state index in [4.69, 9.17) is 0 Å². The molecule has 56 valence electrons. The molecule has 0 aliphatic carbocycles. The van der Waals surface area contributed by atoms with Crippen molar-refractivity contribution in [2.24, 2.45) is 0 Å². The molecule has 0 aliphatic rings. The zero-order valence-corrected chi connectivity index (χ0v) is 7.90. The van der Waals surface area contributed by atoms with Crippen molar-refractivity contribution in [2.75, 3.05) is 0 Å². The highest BCUT2D eigenvalue weighted by Crippen LogP contribution is 1.94. The van der Waals surface area contributed by atoms with E-state index >= 15 is 0 Å². The third-order valence-electron chi connectivity index (χ3n) is 1.44. The lowest BCUT2D eigenvalue weighted by Gasteiger charge is -1.88. The fourth-order valence-corrected chi connectivity index (χ4v) is 0.755. The molecule has 0 atom stereocenters. The van der Waals surface area contributed by atoms with Gasteiger partial charge in [0.1, 0.15) is 0 Å². The summed E-state index contributed by atoms with van der Waals surface area (Å²) in [5.74, 6) is 0. The quantitative estimate of drug-likeness (QED) is 0.519. The van der Waals surface area contributed by atoms with Crippen molar-refractivity contribution in [3.8, 4) is 0 Å². The van der Waals surface area contributed by atoms with Crippen LogP contribution in [0.15, 0.2) is 18.3 Å².